The van der Waals surface area contributed by atoms with E-state index in [9.17, 15) is 14.7 Å². The van der Waals surface area contributed by atoms with Crippen LogP contribution < -0.4 is 5.32 Å². The number of hydrogen-bond donors (Lipinski definition) is 2. The molecule has 0 aliphatic carbocycles. The first-order valence-electron chi connectivity index (χ1n) is 13.6. The van der Waals surface area contributed by atoms with Crippen LogP contribution in [0.1, 0.15) is 21.7 Å². The van der Waals surface area contributed by atoms with Crippen molar-refractivity contribution in [2.45, 2.75) is 18.7 Å². The normalized spacial score (nSPS) is 12.0. The van der Waals surface area contributed by atoms with E-state index >= 15 is 0 Å². The van der Waals surface area contributed by atoms with E-state index < -0.39 is 17.9 Å². The van der Waals surface area contributed by atoms with Crippen LogP contribution >= 0.6 is 11.8 Å². The van der Waals surface area contributed by atoms with Crippen LogP contribution in [0.2, 0.25) is 0 Å². The summed E-state index contributed by atoms with van der Waals surface area (Å²) in [6, 6.07) is 31.7. The summed E-state index contributed by atoms with van der Waals surface area (Å²) in [7, 11) is 1.74. The van der Waals surface area contributed by atoms with Gasteiger partial charge in [-0.1, -0.05) is 84.9 Å². The van der Waals surface area contributed by atoms with Gasteiger partial charge in [-0.25, -0.2) is 4.79 Å². The predicted octanol–water partition coefficient (Wildman–Crippen LogP) is 7.08. The van der Waals surface area contributed by atoms with Crippen molar-refractivity contribution in [1.82, 2.24) is 15.1 Å². The molecule has 0 bridgehead atoms. The Morgan fingerprint density at radius 3 is 2.26 bits per heavy atom. The molecule has 0 saturated heterocycles. The maximum atomic E-state index is 12.5. The van der Waals surface area contributed by atoms with Gasteiger partial charge in [0, 0.05) is 40.6 Å². The van der Waals surface area contributed by atoms with Gasteiger partial charge in [0.05, 0.1) is 0 Å². The van der Waals surface area contributed by atoms with Crippen molar-refractivity contribution >= 4 is 45.6 Å². The van der Waals surface area contributed by atoms with Gasteiger partial charge in [-0.05, 0) is 41.3 Å². The molecule has 1 atom stereocenters. The van der Waals surface area contributed by atoms with Gasteiger partial charge in [0.25, 0.3) is 5.91 Å². The SMILES string of the molecule is Cc1cc(C(=O)N[C@@H](CSCc2ccc(-c3ccc(-c4cccc5c4oc4ccccc45)cc3)cc2)C(=O)O)nn1C. The molecule has 0 aliphatic heterocycles. The number of carboxylic acids is 1. The molecule has 8 heteroatoms. The van der Waals surface area contributed by atoms with Crippen LogP contribution in [0.5, 0.6) is 0 Å². The second kappa shape index (κ2) is 11.6. The average Bonchev–Trinajstić information content (AvgIpc) is 3.56. The number of carbonyl (C=O) groups is 2. The maximum absolute atomic E-state index is 12.5. The highest BCUT2D eigenvalue weighted by Crippen LogP contribution is 2.36. The van der Waals surface area contributed by atoms with Gasteiger partial charge in [0.2, 0.25) is 0 Å². The van der Waals surface area contributed by atoms with Gasteiger partial charge >= 0.3 is 5.97 Å². The summed E-state index contributed by atoms with van der Waals surface area (Å²) in [6.07, 6.45) is 0. The Kier molecular flexibility index (Phi) is 7.54. The molecule has 42 heavy (non-hydrogen) atoms. The Bertz CT molecular complexity index is 1890. The van der Waals surface area contributed by atoms with Crippen LogP contribution in [0.25, 0.3) is 44.2 Å². The molecular formula is C34H29N3O4S. The van der Waals surface area contributed by atoms with Crippen LogP contribution in [0.3, 0.4) is 0 Å². The fraction of sp³-hybridized carbons (Fsp3) is 0.147. The van der Waals surface area contributed by atoms with Gasteiger partial charge in [0.1, 0.15) is 22.9 Å². The lowest BCUT2D eigenvalue weighted by Crippen LogP contribution is -2.42. The molecule has 0 aliphatic rings. The number of hydrogen-bond acceptors (Lipinski definition) is 5. The molecule has 6 aromatic rings. The first kappa shape index (κ1) is 27.4. The number of thioether (sulfide) groups is 1. The van der Waals surface area contributed by atoms with Crippen molar-refractivity contribution in [2.75, 3.05) is 5.75 Å². The Morgan fingerprint density at radius 2 is 1.57 bits per heavy atom. The highest BCUT2D eigenvalue weighted by atomic mass is 32.2. The zero-order valence-corrected chi connectivity index (χ0v) is 24.0. The van der Waals surface area contributed by atoms with Crippen molar-refractivity contribution in [2.24, 2.45) is 7.05 Å². The van der Waals surface area contributed by atoms with E-state index in [2.05, 4.69) is 83.2 Å². The molecule has 6 rings (SSSR count). The summed E-state index contributed by atoms with van der Waals surface area (Å²) >= 11 is 1.46. The lowest BCUT2D eigenvalue weighted by Gasteiger charge is -2.13. The number of carbonyl (C=O) groups excluding carboxylic acids is 1. The monoisotopic (exact) mass is 575 g/mol. The number of aromatic nitrogens is 2. The molecule has 4 aromatic carbocycles. The largest absolute Gasteiger partial charge is 0.480 e. The van der Waals surface area contributed by atoms with E-state index in [1.54, 1.807) is 17.8 Å². The van der Waals surface area contributed by atoms with E-state index in [0.717, 1.165) is 55.4 Å². The quantitative estimate of drug-likeness (QED) is 0.191. The number of benzene rings is 4. The van der Waals surface area contributed by atoms with Crippen LogP contribution in [0.4, 0.5) is 0 Å². The Morgan fingerprint density at radius 1 is 0.905 bits per heavy atom. The van der Waals surface area contributed by atoms with E-state index in [1.807, 2.05) is 25.1 Å². The molecule has 0 unspecified atom stereocenters. The lowest BCUT2D eigenvalue weighted by atomic mass is 9.98. The molecule has 0 spiro atoms. The molecular weight excluding hydrogens is 546 g/mol. The zero-order chi connectivity index (χ0) is 29.2. The molecule has 0 radical (unpaired) electrons. The second-order valence-corrected chi connectivity index (χ2v) is 11.3. The van der Waals surface area contributed by atoms with Crippen LogP contribution in [0.15, 0.2) is 101 Å². The van der Waals surface area contributed by atoms with Gasteiger partial charge in [-0.2, -0.15) is 16.9 Å². The number of aryl methyl sites for hydroxylation is 2. The molecule has 1 amide bonds. The fourth-order valence-electron chi connectivity index (χ4n) is 4.98. The highest BCUT2D eigenvalue weighted by Gasteiger charge is 2.22. The molecule has 7 nitrogen and oxygen atoms in total. The van der Waals surface area contributed by atoms with Crippen molar-refractivity contribution in [3.8, 4) is 22.3 Å². The number of fused-ring (bicyclic) bond motifs is 3. The zero-order valence-electron chi connectivity index (χ0n) is 23.2. The van der Waals surface area contributed by atoms with E-state index in [-0.39, 0.29) is 11.4 Å². The third-order valence-electron chi connectivity index (χ3n) is 7.39. The number of amides is 1. The minimum atomic E-state index is -1.07. The van der Waals surface area contributed by atoms with Crippen molar-refractivity contribution < 1.29 is 19.1 Å². The van der Waals surface area contributed by atoms with Crippen molar-refractivity contribution in [3.63, 3.8) is 0 Å². The number of rotatable bonds is 9. The number of carboxylic acid groups (broad SMARTS) is 1. The van der Waals surface area contributed by atoms with Crippen molar-refractivity contribution in [1.29, 1.82) is 0 Å². The minimum absolute atomic E-state index is 0.210. The maximum Gasteiger partial charge on any atom is 0.327 e. The van der Waals surface area contributed by atoms with Gasteiger partial charge in [-0.15, -0.1) is 0 Å². The lowest BCUT2D eigenvalue weighted by molar-refractivity contribution is -0.138. The van der Waals surface area contributed by atoms with Crippen molar-refractivity contribution in [3.05, 3.63) is 114 Å². The Hall–Kier alpha value is -4.82. The van der Waals surface area contributed by atoms with Crippen LogP contribution in [-0.2, 0) is 17.6 Å². The predicted molar refractivity (Wildman–Crippen MR) is 168 cm³/mol. The standard InChI is InChI=1S/C34H29N3O4S/c1-21-18-29(36-37(21)2)33(38)35-30(34(39)40)20-42-19-22-10-12-23(13-11-22)24-14-16-25(17-15-24)26-7-5-8-28-27-6-3-4-9-31(27)41-32(26)28/h3-18,30H,19-20H2,1-2H3,(H,35,38)(H,39,40)/t30-/m0/s1. The average molecular weight is 576 g/mol. The molecule has 0 saturated carbocycles. The second-order valence-electron chi connectivity index (χ2n) is 10.2. The molecule has 0 fully saturated rings. The number of para-hydroxylation sites is 2. The summed E-state index contributed by atoms with van der Waals surface area (Å²) in [5, 5.41) is 18.5. The van der Waals surface area contributed by atoms with Gasteiger partial charge < -0.3 is 14.8 Å². The molecule has 210 valence electrons. The molecule has 2 aromatic heterocycles. The summed E-state index contributed by atoms with van der Waals surface area (Å²) in [5.41, 5.74) is 8.24. The first-order chi connectivity index (χ1) is 20.4. The highest BCUT2D eigenvalue weighted by molar-refractivity contribution is 7.98. The summed E-state index contributed by atoms with van der Waals surface area (Å²) < 4.78 is 7.79. The smallest absolute Gasteiger partial charge is 0.327 e. The number of nitrogens with zero attached hydrogens (tertiary/aromatic N) is 2. The topological polar surface area (TPSA) is 97.4 Å². The summed E-state index contributed by atoms with van der Waals surface area (Å²) in [5.74, 6) is -0.688. The Balaban J connectivity index is 1.09. The third kappa shape index (κ3) is 5.53. The number of furan rings is 1. The van der Waals surface area contributed by atoms with E-state index in [1.165, 1.54) is 11.8 Å². The number of aliphatic carboxylic acids is 1. The minimum Gasteiger partial charge on any atom is -0.480 e. The van der Waals surface area contributed by atoms with Gasteiger partial charge in [-0.3, -0.25) is 9.48 Å². The first-order valence-corrected chi connectivity index (χ1v) is 14.7. The third-order valence-corrected chi connectivity index (χ3v) is 8.50. The molecule has 2 N–H and O–H groups in total. The fourth-order valence-corrected chi connectivity index (χ4v) is 5.99. The summed E-state index contributed by atoms with van der Waals surface area (Å²) in [6.45, 7) is 1.83. The van der Waals surface area contributed by atoms with Gasteiger partial charge in [0.15, 0.2) is 0 Å². The van der Waals surface area contributed by atoms with Crippen LogP contribution in [0, 0.1) is 6.92 Å². The summed E-state index contributed by atoms with van der Waals surface area (Å²) in [4.78, 5) is 24.2. The Labute approximate surface area is 247 Å². The van der Waals surface area contributed by atoms with E-state index in [4.69, 9.17) is 4.42 Å². The van der Waals surface area contributed by atoms with E-state index in [0.29, 0.717) is 5.75 Å². The molecule has 2 heterocycles. The number of nitrogens with one attached hydrogen (secondary N) is 1. The van der Waals surface area contributed by atoms with Crippen LogP contribution in [-0.4, -0.2) is 38.6 Å².